The predicted molar refractivity (Wildman–Crippen MR) is 105 cm³/mol. The third kappa shape index (κ3) is 4.89. The summed E-state index contributed by atoms with van der Waals surface area (Å²) < 4.78 is 0. The molecule has 0 bridgehead atoms. The Kier molecular flexibility index (Phi) is 5.58. The first-order valence-electron chi connectivity index (χ1n) is 8.32. The molecule has 2 aromatic carbocycles. The third-order valence-corrected chi connectivity index (χ3v) is 3.63. The Balaban J connectivity index is 1.61. The Morgan fingerprint density at radius 3 is 2.04 bits per heavy atom. The van der Waals surface area contributed by atoms with E-state index in [1.807, 2.05) is 6.07 Å². The molecular formula is C20H16N6O2. The molecule has 0 fully saturated rings. The SMILES string of the molecule is CC(=O)Nc1ccc(Nc2cnc(C(=O)Nc3ccc(C#N)cc3)cn2)cc1. The molecule has 3 N–H and O–H groups in total. The number of nitrogens with zero attached hydrogens (tertiary/aromatic N) is 3. The molecule has 8 nitrogen and oxygen atoms in total. The highest BCUT2D eigenvalue weighted by molar-refractivity contribution is 6.02. The van der Waals surface area contributed by atoms with Crippen molar-refractivity contribution in [2.24, 2.45) is 0 Å². The molecule has 0 saturated heterocycles. The van der Waals surface area contributed by atoms with E-state index in [9.17, 15) is 9.59 Å². The standard InChI is InChI=1S/C20H16N6O2/c1-13(27)24-15-6-8-16(9-7-15)25-19-12-22-18(11-23-19)20(28)26-17-4-2-14(10-21)3-5-17/h2-9,11-12H,1H3,(H,23,25)(H,24,27)(H,26,28). The molecule has 0 radical (unpaired) electrons. The van der Waals surface area contributed by atoms with Gasteiger partial charge in [0.25, 0.3) is 5.91 Å². The third-order valence-electron chi connectivity index (χ3n) is 3.63. The largest absolute Gasteiger partial charge is 0.339 e. The van der Waals surface area contributed by atoms with Gasteiger partial charge in [-0.15, -0.1) is 0 Å². The Bertz CT molecular complexity index is 1020. The van der Waals surface area contributed by atoms with Gasteiger partial charge in [0, 0.05) is 24.0 Å². The van der Waals surface area contributed by atoms with E-state index < -0.39 is 5.91 Å². The summed E-state index contributed by atoms with van der Waals surface area (Å²) in [6.45, 7) is 1.45. The van der Waals surface area contributed by atoms with Crippen LogP contribution in [0.4, 0.5) is 22.9 Å². The number of hydrogen-bond donors (Lipinski definition) is 3. The second kappa shape index (κ2) is 8.42. The highest BCUT2D eigenvalue weighted by Crippen LogP contribution is 2.17. The van der Waals surface area contributed by atoms with E-state index in [-0.39, 0.29) is 11.6 Å². The lowest BCUT2D eigenvalue weighted by Gasteiger charge is -2.08. The van der Waals surface area contributed by atoms with Gasteiger partial charge in [-0.1, -0.05) is 0 Å². The van der Waals surface area contributed by atoms with Crippen LogP contribution in [-0.4, -0.2) is 21.8 Å². The normalized spacial score (nSPS) is 9.86. The molecule has 3 rings (SSSR count). The van der Waals surface area contributed by atoms with E-state index >= 15 is 0 Å². The molecular weight excluding hydrogens is 356 g/mol. The van der Waals surface area contributed by atoms with Gasteiger partial charge in [-0.05, 0) is 48.5 Å². The van der Waals surface area contributed by atoms with E-state index in [2.05, 4.69) is 25.9 Å². The maximum absolute atomic E-state index is 12.2. The van der Waals surface area contributed by atoms with Crippen molar-refractivity contribution in [3.8, 4) is 6.07 Å². The average molecular weight is 372 g/mol. The van der Waals surface area contributed by atoms with Crippen LogP contribution >= 0.6 is 0 Å². The first kappa shape index (κ1) is 18.5. The number of nitrogens with one attached hydrogen (secondary N) is 3. The van der Waals surface area contributed by atoms with Crippen LogP contribution in [0.3, 0.4) is 0 Å². The summed E-state index contributed by atoms with van der Waals surface area (Å²) in [6.07, 6.45) is 2.82. The van der Waals surface area contributed by atoms with Gasteiger partial charge in [0.2, 0.25) is 5.91 Å². The lowest BCUT2D eigenvalue weighted by atomic mass is 10.2. The van der Waals surface area contributed by atoms with Gasteiger partial charge >= 0.3 is 0 Å². The van der Waals surface area contributed by atoms with E-state index in [0.29, 0.717) is 22.8 Å². The number of amides is 2. The minimum absolute atomic E-state index is 0.138. The number of hydrogen-bond acceptors (Lipinski definition) is 6. The lowest BCUT2D eigenvalue weighted by molar-refractivity contribution is -0.114. The fourth-order valence-corrected chi connectivity index (χ4v) is 2.32. The van der Waals surface area contributed by atoms with Crippen molar-refractivity contribution in [1.29, 1.82) is 5.26 Å². The smallest absolute Gasteiger partial charge is 0.275 e. The molecule has 138 valence electrons. The van der Waals surface area contributed by atoms with E-state index in [1.165, 1.54) is 19.3 Å². The van der Waals surface area contributed by atoms with Crippen molar-refractivity contribution < 1.29 is 9.59 Å². The van der Waals surface area contributed by atoms with Crippen LogP contribution in [-0.2, 0) is 4.79 Å². The number of nitriles is 1. The van der Waals surface area contributed by atoms with Gasteiger partial charge in [0.05, 0.1) is 24.0 Å². The summed E-state index contributed by atoms with van der Waals surface area (Å²) in [7, 11) is 0. The summed E-state index contributed by atoms with van der Waals surface area (Å²) in [4.78, 5) is 31.6. The Morgan fingerprint density at radius 2 is 1.46 bits per heavy atom. The van der Waals surface area contributed by atoms with Gasteiger partial charge in [0.15, 0.2) is 0 Å². The summed E-state index contributed by atoms with van der Waals surface area (Å²) in [5, 5.41) is 17.2. The quantitative estimate of drug-likeness (QED) is 0.632. The minimum Gasteiger partial charge on any atom is -0.339 e. The number of anilines is 4. The maximum Gasteiger partial charge on any atom is 0.275 e. The van der Waals surface area contributed by atoms with Crippen LogP contribution in [0.2, 0.25) is 0 Å². The second-order valence-electron chi connectivity index (χ2n) is 5.81. The molecule has 0 aliphatic rings. The highest BCUT2D eigenvalue weighted by atomic mass is 16.2. The monoisotopic (exact) mass is 372 g/mol. The van der Waals surface area contributed by atoms with Gasteiger partial charge in [0.1, 0.15) is 11.5 Å². The molecule has 0 saturated carbocycles. The number of aromatic nitrogens is 2. The van der Waals surface area contributed by atoms with Crippen molar-refractivity contribution in [3.05, 3.63) is 72.2 Å². The van der Waals surface area contributed by atoms with E-state index in [1.54, 1.807) is 48.5 Å². The summed E-state index contributed by atoms with van der Waals surface area (Å²) in [6, 6.07) is 15.6. The highest BCUT2D eigenvalue weighted by Gasteiger charge is 2.09. The molecule has 1 aromatic heterocycles. The Labute approximate surface area is 161 Å². The topological polar surface area (TPSA) is 120 Å². The van der Waals surface area contributed by atoms with Crippen molar-refractivity contribution >= 4 is 34.7 Å². The van der Waals surface area contributed by atoms with Crippen molar-refractivity contribution in [2.45, 2.75) is 6.92 Å². The molecule has 0 atom stereocenters. The van der Waals surface area contributed by atoms with Gasteiger partial charge in [-0.25, -0.2) is 9.97 Å². The molecule has 0 aliphatic heterocycles. The van der Waals surface area contributed by atoms with Gasteiger partial charge in [-0.2, -0.15) is 5.26 Å². The molecule has 2 amide bonds. The molecule has 0 unspecified atom stereocenters. The van der Waals surface area contributed by atoms with Crippen LogP contribution < -0.4 is 16.0 Å². The van der Waals surface area contributed by atoms with Gasteiger partial charge < -0.3 is 16.0 Å². The Hall–Kier alpha value is -4.25. The van der Waals surface area contributed by atoms with Crippen LogP contribution in [0.5, 0.6) is 0 Å². The zero-order valence-corrected chi connectivity index (χ0v) is 14.9. The van der Waals surface area contributed by atoms with Gasteiger partial charge in [-0.3, -0.25) is 9.59 Å². The van der Waals surface area contributed by atoms with Crippen LogP contribution in [0, 0.1) is 11.3 Å². The molecule has 0 spiro atoms. The average Bonchev–Trinajstić information content (AvgIpc) is 2.70. The molecule has 3 aromatic rings. The molecule has 28 heavy (non-hydrogen) atoms. The van der Waals surface area contributed by atoms with Crippen LogP contribution in [0.1, 0.15) is 23.0 Å². The van der Waals surface area contributed by atoms with Crippen molar-refractivity contribution in [2.75, 3.05) is 16.0 Å². The maximum atomic E-state index is 12.2. The zero-order valence-electron chi connectivity index (χ0n) is 14.9. The van der Waals surface area contributed by atoms with Crippen molar-refractivity contribution in [3.63, 3.8) is 0 Å². The second-order valence-corrected chi connectivity index (χ2v) is 5.81. The van der Waals surface area contributed by atoms with Crippen molar-refractivity contribution in [1.82, 2.24) is 9.97 Å². The molecule has 1 heterocycles. The minimum atomic E-state index is -0.400. The summed E-state index contributed by atoms with van der Waals surface area (Å²) in [5.74, 6) is -0.0629. The Morgan fingerprint density at radius 1 is 0.857 bits per heavy atom. The summed E-state index contributed by atoms with van der Waals surface area (Å²) >= 11 is 0. The number of carbonyl (C=O) groups excluding carboxylic acids is 2. The summed E-state index contributed by atoms with van der Waals surface area (Å²) in [5.41, 5.74) is 2.69. The lowest BCUT2D eigenvalue weighted by Crippen LogP contribution is -2.14. The molecule has 8 heteroatoms. The zero-order chi connectivity index (χ0) is 19.9. The first-order valence-corrected chi connectivity index (χ1v) is 8.32. The fourth-order valence-electron chi connectivity index (χ4n) is 2.32. The van der Waals surface area contributed by atoms with E-state index in [0.717, 1.165) is 5.69 Å². The number of benzene rings is 2. The fraction of sp³-hybridized carbons (Fsp3) is 0.0500. The molecule has 0 aliphatic carbocycles. The van der Waals surface area contributed by atoms with Crippen LogP contribution in [0.15, 0.2) is 60.9 Å². The predicted octanol–water partition coefficient (Wildman–Crippen LogP) is 3.30. The van der Waals surface area contributed by atoms with Crippen LogP contribution in [0.25, 0.3) is 0 Å². The number of rotatable bonds is 5. The first-order chi connectivity index (χ1) is 13.5. The van der Waals surface area contributed by atoms with E-state index in [4.69, 9.17) is 5.26 Å². The number of carbonyl (C=O) groups is 2.